The molecular formula is C5H9N3O2S2. The number of sulfone groups is 1. The van der Waals surface area contributed by atoms with Crippen LogP contribution in [0.5, 0.6) is 0 Å². The van der Waals surface area contributed by atoms with Crippen LogP contribution in [0.4, 0.5) is 0 Å². The SMILES string of the molecule is NNC1=N[C@H]2CS(=O)(=O)C[C@@H]2S1. The van der Waals surface area contributed by atoms with E-state index in [2.05, 4.69) is 10.4 Å². The fourth-order valence-corrected chi connectivity index (χ4v) is 4.99. The van der Waals surface area contributed by atoms with Gasteiger partial charge in [0.05, 0.1) is 17.5 Å². The van der Waals surface area contributed by atoms with E-state index in [1.807, 2.05) is 0 Å². The minimum absolute atomic E-state index is 0.0777. The molecule has 0 aliphatic carbocycles. The molecule has 0 bridgehead atoms. The number of nitrogens with two attached hydrogens (primary N) is 1. The molecule has 0 aromatic heterocycles. The molecule has 2 rings (SSSR count). The summed E-state index contributed by atoms with van der Waals surface area (Å²) in [7, 11) is -2.83. The van der Waals surface area contributed by atoms with Gasteiger partial charge in [-0.05, 0) is 0 Å². The minimum Gasteiger partial charge on any atom is -0.303 e. The number of hydrogen-bond donors (Lipinski definition) is 2. The van der Waals surface area contributed by atoms with Crippen molar-refractivity contribution in [2.24, 2.45) is 10.8 Å². The van der Waals surface area contributed by atoms with Gasteiger partial charge in [0.25, 0.3) is 0 Å². The van der Waals surface area contributed by atoms with Crippen molar-refractivity contribution < 1.29 is 8.42 Å². The van der Waals surface area contributed by atoms with Crippen LogP contribution in [0.15, 0.2) is 4.99 Å². The Kier molecular flexibility index (Phi) is 1.81. The minimum atomic E-state index is -2.83. The number of rotatable bonds is 0. The molecule has 5 nitrogen and oxygen atoms in total. The first kappa shape index (κ1) is 8.33. The maximum absolute atomic E-state index is 11.1. The van der Waals surface area contributed by atoms with Gasteiger partial charge in [0.15, 0.2) is 15.0 Å². The third-order valence-electron chi connectivity index (χ3n) is 1.94. The average Bonchev–Trinajstić information content (AvgIpc) is 2.40. The van der Waals surface area contributed by atoms with E-state index < -0.39 is 9.84 Å². The smallest absolute Gasteiger partial charge is 0.171 e. The quantitative estimate of drug-likeness (QED) is 0.382. The monoisotopic (exact) mass is 207 g/mol. The summed E-state index contributed by atoms with van der Waals surface area (Å²) < 4.78 is 22.2. The third kappa shape index (κ3) is 1.32. The number of nitrogens with zero attached hydrogens (tertiary/aromatic N) is 1. The van der Waals surface area contributed by atoms with Crippen molar-refractivity contribution in [2.75, 3.05) is 11.5 Å². The Bertz CT molecular complexity index is 324. The van der Waals surface area contributed by atoms with Gasteiger partial charge < -0.3 is 5.43 Å². The third-order valence-corrected chi connectivity index (χ3v) is 5.10. The fraction of sp³-hybridized carbons (Fsp3) is 0.800. The molecule has 2 atom stereocenters. The molecule has 3 N–H and O–H groups in total. The van der Waals surface area contributed by atoms with Crippen LogP contribution in [0.1, 0.15) is 0 Å². The van der Waals surface area contributed by atoms with Crippen LogP contribution in [0.25, 0.3) is 0 Å². The molecule has 0 aromatic carbocycles. The van der Waals surface area contributed by atoms with Crippen LogP contribution in [-0.4, -0.2) is 36.4 Å². The molecule has 12 heavy (non-hydrogen) atoms. The lowest BCUT2D eigenvalue weighted by Crippen LogP contribution is -2.27. The second kappa shape index (κ2) is 2.61. The Morgan fingerprint density at radius 3 is 2.92 bits per heavy atom. The highest BCUT2D eigenvalue weighted by Gasteiger charge is 2.42. The van der Waals surface area contributed by atoms with Gasteiger partial charge in [-0.25, -0.2) is 14.3 Å². The molecule has 2 aliphatic heterocycles. The van der Waals surface area contributed by atoms with Crippen molar-refractivity contribution in [1.82, 2.24) is 5.43 Å². The second-order valence-electron chi connectivity index (χ2n) is 2.88. The lowest BCUT2D eigenvalue weighted by atomic mass is 10.3. The predicted octanol–water partition coefficient (Wildman–Crippen LogP) is -1.28. The number of hydrazine groups is 1. The molecule has 7 heteroatoms. The Balaban J connectivity index is 2.18. The standard InChI is InChI=1S/C5H9N3O2S2/c6-8-5-7-3-1-12(9,10)2-4(3)11-5/h3-4H,1-2,6H2,(H,7,8)/t3-,4-/m0/s1. The zero-order valence-electron chi connectivity index (χ0n) is 6.23. The molecule has 0 saturated carbocycles. The van der Waals surface area contributed by atoms with Crippen molar-refractivity contribution in [2.45, 2.75) is 11.3 Å². The molecule has 0 unspecified atom stereocenters. The van der Waals surface area contributed by atoms with Gasteiger partial charge in [-0.1, -0.05) is 11.8 Å². The highest BCUT2D eigenvalue weighted by molar-refractivity contribution is 8.15. The van der Waals surface area contributed by atoms with Crippen LogP contribution >= 0.6 is 11.8 Å². The van der Waals surface area contributed by atoms with Gasteiger partial charge in [0, 0.05) is 5.25 Å². The average molecular weight is 207 g/mol. The Labute approximate surface area is 74.7 Å². The zero-order valence-corrected chi connectivity index (χ0v) is 7.86. The van der Waals surface area contributed by atoms with Crippen LogP contribution in [0, 0.1) is 0 Å². The maximum atomic E-state index is 11.1. The van der Waals surface area contributed by atoms with Crippen molar-refractivity contribution in [3.05, 3.63) is 0 Å². The lowest BCUT2D eigenvalue weighted by Gasteiger charge is -2.00. The first-order valence-corrected chi connectivity index (χ1v) is 6.22. The number of fused-ring (bicyclic) bond motifs is 1. The van der Waals surface area contributed by atoms with E-state index in [1.54, 1.807) is 0 Å². The van der Waals surface area contributed by atoms with E-state index in [-0.39, 0.29) is 22.8 Å². The van der Waals surface area contributed by atoms with Gasteiger partial charge >= 0.3 is 0 Å². The van der Waals surface area contributed by atoms with Crippen molar-refractivity contribution in [1.29, 1.82) is 0 Å². The van der Waals surface area contributed by atoms with E-state index in [0.717, 1.165) is 0 Å². The van der Waals surface area contributed by atoms with Gasteiger partial charge in [-0.15, -0.1) is 0 Å². The van der Waals surface area contributed by atoms with Crippen LogP contribution in [0.2, 0.25) is 0 Å². The highest BCUT2D eigenvalue weighted by Crippen LogP contribution is 2.32. The summed E-state index contributed by atoms with van der Waals surface area (Å²) in [6, 6.07) is -0.0777. The summed E-state index contributed by atoms with van der Waals surface area (Å²) in [4.78, 5) is 4.13. The van der Waals surface area contributed by atoms with Gasteiger partial charge in [-0.3, -0.25) is 4.99 Å². The Morgan fingerprint density at radius 2 is 2.33 bits per heavy atom. The molecule has 2 aliphatic rings. The Hall–Kier alpha value is -0.270. The van der Waals surface area contributed by atoms with E-state index in [1.165, 1.54) is 11.8 Å². The van der Waals surface area contributed by atoms with Crippen LogP contribution in [0.3, 0.4) is 0 Å². The van der Waals surface area contributed by atoms with E-state index >= 15 is 0 Å². The number of thioether (sulfide) groups is 1. The predicted molar refractivity (Wildman–Crippen MR) is 48.6 cm³/mol. The first-order valence-electron chi connectivity index (χ1n) is 3.52. The topological polar surface area (TPSA) is 84.5 Å². The molecule has 0 radical (unpaired) electrons. The number of hydrogen-bond acceptors (Lipinski definition) is 6. The summed E-state index contributed by atoms with van der Waals surface area (Å²) in [5.74, 6) is 5.56. The summed E-state index contributed by atoms with van der Waals surface area (Å²) >= 11 is 1.42. The maximum Gasteiger partial charge on any atom is 0.171 e. The molecule has 0 spiro atoms. The van der Waals surface area contributed by atoms with Crippen molar-refractivity contribution in [3.63, 3.8) is 0 Å². The first-order chi connectivity index (χ1) is 5.61. The summed E-state index contributed by atoms with van der Waals surface area (Å²) in [5, 5.41) is 0.737. The molecule has 68 valence electrons. The van der Waals surface area contributed by atoms with E-state index in [9.17, 15) is 8.42 Å². The summed E-state index contributed by atoms with van der Waals surface area (Å²) in [5.41, 5.74) is 2.44. The fourth-order valence-electron chi connectivity index (χ4n) is 1.43. The van der Waals surface area contributed by atoms with Crippen molar-refractivity contribution >= 4 is 26.8 Å². The van der Waals surface area contributed by atoms with E-state index in [4.69, 9.17) is 5.84 Å². The molecule has 1 fully saturated rings. The summed E-state index contributed by atoms with van der Waals surface area (Å²) in [6.45, 7) is 0. The van der Waals surface area contributed by atoms with Crippen LogP contribution in [-0.2, 0) is 9.84 Å². The largest absolute Gasteiger partial charge is 0.303 e. The molecule has 0 amide bonds. The normalized spacial score (nSPS) is 37.6. The van der Waals surface area contributed by atoms with Gasteiger partial charge in [0.2, 0.25) is 0 Å². The van der Waals surface area contributed by atoms with Gasteiger partial charge in [-0.2, -0.15) is 0 Å². The number of aliphatic imine (C=N–C) groups is 1. The number of nitrogens with one attached hydrogen (secondary N) is 1. The second-order valence-corrected chi connectivity index (χ2v) is 6.26. The van der Waals surface area contributed by atoms with E-state index in [0.29, 0.717) is 5.17 Å². The lowest BCUT2D eigenvalue weighted by molar-refractivity contribution is 0.601. The zero-order chi connectivity index (χ0) is 8.77. The molecule has 1 saturated heterocycles. The molecule has 0 aromatic rings. The van der Waals surface area contributed by atoms with Crippen molar-refractivity contribution in [3.8, 4) is 0 Å². The van der Waals surface area contributed by atoms with Gasteiger partial charge in [0.1, 0.15) is 0 Å². The Morgan fingerprint density at radius 1 is 1.58 bits per heavy atom. The molecular weight excluding hydrogens is 198 g/mol. The summed E-state index contributed by atoms with van der Waals surface area (Å²) in [6.07, 6.45) is 0. The number of amidine groups is 1. The van der Waals surface area contributed by atoms with Crippen LogP contribution < -0.4 is 11.3 Å². The highest BCUT2D eigenvalue weighted by atomic mass is 32.2. The molecule has 2 heterocycles.